The van der Waals surface area contributed by atoms with Gasteiger partial charge in [0.05, 0.1) is 22.4 Å². The van der Waals surface area contributed by atoms with Gasteiger partial charge in [0.2, 0.25) is 0 Å². The molecule has 0 amide bonds. The SMILES string of the molecule is CS(=O)(=O)CCC(=O)COc1ccc(Cc2cc(Cl)c(OCCCCl)c(Cl)c2)cc1. The van der Waals surface area contributed by atoms with Gasteiger partial charge in [0.1, 0.15) is 22.2 Å². The summed E-state index contributed by atoms with van der Waals surface area (Å²) >= 11 is 18.2. The molecule has 0 saturated heterocycles. The van der Waals surface area contributed by atoms with Crippen molar-refractivity contribution in [2.24, 2.45) is 0 Å². The standard InChI is InChI=1S/C21H23Cl3O5S/c1-30(26,27)10-7-17(25)14-29-18-5-3-15(4-6-18)11-16-12-19(23)21(20(24)13-16)28-9-2-8-22/h3-6,12-13H,2,7-11,14H2,1H3. The van der Waals surface area contributed by atoms with Crippen LogP contribution < -0.4 is 9.47 Å². The number of hydrogen-bond donors (Lipinski definition) is 0. The molecule has 0 radical (unpaired) electrons. The highest BCUT2D eigenvalue weighted by molar-refractivity contribution is 7.90. The Kier molecular flexibility index (Phi) is 9.75. The van der Waals surface area contributed by atoms with Crippen molar-refractivity contribution >= 4 is 50.4 Å². The lowest BCUT2D eigenvalue weighted by Crippen LogP contribution is -2.15. The molecule has 0 heterocycles. The Morgan fingerprint density at radius 2 is 1.63 bits per heavy atom. The summed E-state index contributed by atoms with van der Waals surface area (Å²) in [5.41, 5.74) is 1.94. The summed E-state index contributed by atoms with van der Waals surface area (Å²) in [5.74, 6) is 1.06. The number of halogens is 3. The zero-order valence-electron chi connectivity index (χ0n) is 16.5. The number of benzene rings is 2. The van der Waals surface area contributed by atoms with E-state index in [0.717, 1.165) is 17.4 Å². The van der Waals surface area contributed by atoms with Crippen LogP contribution in [0.2, 0.25) is 10.0 Å². The molecule has 164 valence electrons. The Bertz CT molecular complexity index is 936. The number of ketones is 1. The summed E-state index contributed by atoms with van der Waals surface area (Å²) < 4.78 is 33.2. The minimum Gasteiger partial charge on any atom is -0.490 e. The van der Waals surface area contributed by atoms with Gasteiger partial charge in [0, 0.05) is 18.6 Å². The fourth-order valence-corrected chi connectivity index (χ4v) is 3.90. The van der Waals surface area contributed by atoms with E-state index in [1.54, 1.807) is 12.1 Å². The lowest BCUT2D eigenvalue weighted by Gasteiger charge is -2.12. The summed E-state index contributed by atoms with van der Waals surface area (Å²) in [7, 11) is -3.16. The molecular weight excluding hydrogens is 471 g/mol. The summed E-state index contributed by atoms with van der Waals surface area (Å²) in [4.78, 5) is 11.7. The van der Waals surface area contributed by atoms with Gasteiger partial charge in [-0.25, -0.2) is 8.42 Å². The normalized spacial score (nSPS) is 11.3. The van der Waals surface area contributed by atoms with E-state index >= 15 is 0 Å². The molecule has 0 aliphatic heterocycles. The number of ether oxygens (including phenoxy) is 2. The Labute approximate surface area is 192 Å². The van der Waals surface area contributed by atoms with Crippen molar-refractivity contribution < 1.29 is 22.7 Å². The molecule has 0 saturated carbocycles. The van der Waals surface area contributed by atoms with Crippen LogP contribution in [-0.4, -0.2) is 45.3 Å². The maximum Gasteiger partial charge on any atom is 0.171 e. The molecule has 2 aromatic carbocycles. The van der Waals surface area contributed by atoms with Crippen LogP contribution in [0.1, 0.15) is 24.0 Å². The van der Waals surface area contributed by atoms with E-state index in [1.807, 2.05) is 24.3 Å². The summed E-state index contributed by atoms with van der Waals surface area (Å²) in [5, 5.41) is 0.888. The Balaban J connectivity index is 1.92. The molecule has 0 fully saturated rings. The van der Waals surface area contributed by atoms with E-state index in [-0.39, 0.29) is 24.6 Å². The minimum absolute atomic E-state index is 0.0516. The largest absolute Gasteiger partial charge is 0.490 e. The molecule has 0 aliphatic rings. The topological polar surface area (TPSA) is 69.7 Å². The van der Waals surface area contributed by atoms with Gasteiger partial charge in [-0.05, 0) is 48.2 Å². The third-order valence-corrected chi connectivity index (χ3v) is 5.84. The summed E-state index contributed by atoms with van der Waals surface area (Å²) in [6.45, 7) is 0.284. The van der Waals surface area contributed by atoms with Gasteiger partial charge in [-0.2, -0.15) is 0 Å². The first kappa shape index (κ1) is 24.8. The van der Waals surface area contributed by atoms with Crippen LogP contribution >= 0.6 is 34.8 Å². The first-order chi connectivity index (χ1) is 14.2. The summed E-state index contributed by atoms with van der Waals surface area (Å²) in [6.07, 6.45) is 2.36. The fraction of sp³-hybridized carbons (Fsp3) is 0.381. The quantitative estimate of drug-likeness (QED) is 0.308. The van der Waals surface area contributed by atoms with Crippen molar-refractivity contribution in [2.45, 2.75) is 19.3 Å². The number of alkyl halides is 1. The van der Waals surface area contributed by atoms with Crippen molar-refractivity contribution in [3.8, 4) is 11.5 Å². The van der Waals surface area contributed by atoms with Crippen molar-refractivity contribution in [3.05, 3.63) is 57.6 Å². The Morgan fingerprint density at radius 3 is 2.20 bits per heavy atom. The van der Waals surface area contributed by atoms with E-state index in [4.69, 9.17) is 44.3 Å². The van der Waals surface area contributed by atoms with Gasteiger partial charge < -0.3 is 9.47 Å². The van der Waals surface area contributed by atoms with Crippen LogP contribution in [0.3, 0.4) is 0 Å². The number of carbonyl (C=O) groups excluding carboxylic acids is 1. The van der Waals surface area contributed by atoms with Crippen LogP contribution in [0, 0.1) is 0 Å². The number of Topliss-reactive ketones (excluding diaryl/α,β-unsaturated/α-hetero) is 1. The first-order valence-corrected chi connectivity index (χ1v) is 12.6. The minimum atomic E-state index is -3.16. The highest BCUT2D eigenvalue weighted by Gasteiger charge is 2.11. The van der Waals surface area contributed by atoms with Gasteiger partial charge in [-0.1, -0.05) is 35.3 Å². The first-order valence-electron chi connectivity index (χ1n) is 9.26. The highest BCUT2D eigenvalue weighted by atomic mass is 35.5. The molecule has 0 aliphatic carbocycles. The Morgan fingerprint density at radius 1 is 1.00 bits per heavy atom. The second-order valence-electron chi connectivity index (χ2n) is 6.81. The number of rotatable bonds is 12. The second-order valence-corrected chi connectivity index (χ2v) is 10.3. The molecule has 5 nitrogen and oxygen atoms in total. The van der Waals surface area contributed by atoms with Crippen molar-refractivity contribution in [3.63, 3.8) is 0 Å². The molecule has 0 aromatic heterocycles. The van der Waals surface area contributed by atoms with Gasteiger partial charge in [0.25, 0.3) is 0 Å². The maximum absolute atomic E-state index is 11.7. The van der Waals surface area contributed by atoms with E-state index in [2.05, 4.69) is 0 Å². The van der Waals surface area contributed by atoms with Crippen LogP contribution in [-0.2, 0) is 21.1 Å². The zero-order chi connectivity index (χ0) is 22.1. The van der Waals surface area contributed by atoms with E-state index < -0.39 is 9.84 Å². The van der Waals surface area contributed by atoms with Crippen molar-refractivity contribution in [1.29, 1.82) is 0 Å². The average molecular weight is 494 g/mol. The monoisotopic (exact) mass is 492 g/mol. The zero-order valence-corrected chi connectivity index (χ0v) is 19.6. The second kappa shape index (κ2) is 11.8. The van der Waals surface area contributed by atoms with E-state index in [1.165, 1.54) is 0 Å². The third-order valence-electron chi connectivity index (χ3n) is 4.07. The molecule has 0 atom stereocenters. The van der Waals surface area contributed by atoms with Crippen LogP contribution in [0.4, 0.5) is 0 Å². The smallest absolute Gasteiger partial charge is 0.171 e. The van der Waals surface area contributed by atoms with E-state index in [9.17, 15) is 13.2 Å². The van der Waals surface area contributed by atoms with Crippen LogP contribution in [0.15, 0.2) is 36.4 Å². The van der Waals surface area contributed by atoms with Gasteiger partial charge in [-0.3, -0.25) is 4.79 Å². The molecule has 30 heavy (non-hydrogen) atoms. The lowest BCUT2D eigenvalue weighted by molar-refractivity contribution is -0.120. The number of sulfone groups is 1. The van der Waals surface area contributed by atoms with Crippen LogP contribution in [0.5, 0.6) is 11.5 Å². The van der Waals surface area contributed by atoms with E-state index in [0.29, 0.717) is 46.9 Å². The number of hydrogen-bond acceptors (Lipinski definition) is 5. The molecule has 2 aromatic rings. The third kappa shape index (κ3) is 8.72. The van der Waals surface area contributed by atoms with Crippen LogP contribution in [0.25, 0.3) is 0 Å². The number of carbonyl (C=O) groups is 1. The predicted molar refractivity (Wildman–Crippen MR) is 121 cm³/mol. The molecule has 0 N–H and O–H groups in total. The Hall–Kier alpha value is -1.47. The maximum atomic E-state index is 11.7. The molecule has 0 unspecified atom stereocenters. The fourth-order valence-electron chi connectivity index (χ4n) is 2.56. The highest BCUT2D eigenvalue weighted by Crippen LogP contribution is 2.35. The molecule has 0 bridgehead atoms. The molecular formula is C21H23Cl3O5S. The summed E-state index contributed by atoms with van der Waals surface area (Å²) in [6, 6.07) is 10.9. The average Bonchev–Trinajstić information content (AvgIpc) is 2.67. The predicted octanol–water partition coefficient (Wildman–Crippen LogP) is 4.97. The lowest BCUT2D eigenvalue weighted by atomic mass is 10.0. The van der Waals surface area contributed by atoms with Crippen molar-refractivity contribution in [2.75, 3.05) is 31.1 Å². The molecule has 9 heteroatoms. The molecule has 0 spiro atoms. The van der Waals surface area contributed by atoms with Gasteiger partial charge in [0.15, 0.2) is 11.5 Å². The molecule has 2 rings (SSSR count). The van der Waals surface area contributed by atoms with Crippen molar-refractivity contribution in [1.82, 2.24) is 0 Å². The van der Waals surface area contributed by atoms with Gasteiger partial charge in [-0.15, -0.1) is 11.6 Å². The van der Waals surface area contributed by atoms with Gasteiger partial charge >= 0.3 is 0 Å².